The number of fused-ring (bicyclic) bond motifs is 2. The fourth-order valence-corrected chi connectivity index (χ4v) is 7.17. The first kappa shape index (κ1) is 30.9. The van der Waals surface area contributed by atoms with Crippen molar-refractivity contribution in [3.8, 4) is 0 Å². The Labute approximate surface area is 231 Å². The van der Waals surface area contributed by atoms with Crippen LogP contribution in [0.3, 0.4) is 0 Å². The number of carboxylic acids is 1. The van der Waals surface area contributed by atoms with Crippen molar-refractivity contribution in [1.29, 1.82) is 0 Å². The molecule has 5 atom stereocenters. The summed E-state index contributed by atoms with van der Waals surface area (Å²) in [6.07, 6.45) is 9.19. The van der Waals surface area contributed by atoms with Gasteiger partial charge in [0, 0.05) is 6.54 Å². The van der Waals surface area contributed by atoms with E-state index in [9.17, 15) is 27.9 Å². The molecule has 220 valence electrons. The lowest BCUT2D eigenvalue weighted by Crippen LogP contribution is -2.47. The first-order chi connectivity index (χ1) is 18.3. The van der Waals surface area contributed by atoms with Crippen molar-refractivity contribution in [2.75, 3.05) is 6.54 Å². The Bertz CT molecular complexity index is 1100. The lowest BCUT2D eigenvalue weighted by molar-refractivity contribution is -0.139. The predicted molar refractivity (Wildman–Crippen MR) is 144 cm³/mol. The highest BCUT2D eigenvalue weighted by molar-refractivity contribution is 7.81. The number of urea groups is 1. The summed E-state index contributed by atoms with van der Waals surface area (Å²) < 4.78 is 37.6. The van der Waals surface area contributed by atoms with Crippen molar-refractivity contribution in [2.24, 2.45) is 28.9 Å². The van der Waals surface area contributed by atoms with Crippen LogP contribution in [0.5, 0.6) is 0 Å². The van der Waals surface area contributed by atoms with Crippen LogP contribution >= 0.6 is 0 Å². The Morgan fingerprint density at radius 3 is 2.26 bits per heavy atom. The highest BCUT2D eigenvalue weighted by Gasteiger charge is 2.52. The fourth-order valence-electron chi connectivity index (χ4n) is 6.33. The number of carbonyl (C=O) groups excluding carboxylic acids is 2. The number of rotatable bonds is 14. The summed E-state index contributed by atoms with van der Waals surface area (Å²) in [5.74, 6) is -2.96. The third-order valence-corrected chi connectivity index (χ3v) is 9.32. The lowest BCUT2D eigenvalue weighted by Gasteiger charge is -2.45. The number of amides is 3. The molecule has 3 N–H and O–H groups in total. The number of piperidine rings is 1. The number of hydroxylamine groups is 2. The van der Waals surface area contributed by atoms with E-state index in [1.54, 1.807) is 6.92 Å². The van der Waals surface area contributed by atoms with E-state index in [2.05, 4.69) is 13.8 Å². The maximum absolute atomic E-state index is 13.4. The van der Waals surface area contributed by atoms with E-state index in [-0.39, 0.29) is 24.1 Å². The standard InChI is InChI=1S/C27H43N3O8S/c1-6-8-10-18(4)27(19(5)11-9-7-2)15-17(3)21(25(32)33)14-23(27)37-39(35,36)38-30-20-12-13-22(24(28)31)29(16-20)26(30)34/h14-15,18-22H,6-13,16H2,1-5H3,(H2,28,31)(H,32,33)/t18?,19?,20-,21?,22+,27?/m1/s1. The number of nitrogens with zero attached hydrogens (tertiary/aromatic N) is 2. The molecule has 0 aromatic carbocycles. The molecule has 2 fully saturated rings. The van der Waals surface area contributed by atoms with Crippen molar-refractivity contribution in [3.05, 3.63) is 23.5 Å². The molecule has 0 saturated carbocycles. The summed E-state index contributed by atoms with van der Waals surface area (Å²) in [6, 6.07) is -2.19. The summed E-state index contributed by atoms with van der Waals surface area (Å²) in [5, 5.41) is 10.6. The molecule has 2 aliphatic heterocycles. The van der Waals surface area contributed by atoms with Gasteiger partial charge in [0.2, 0.25) is 5.91 Å². The molecule has 39 heavy (non-hydrogen) atoms. The van der Waals surface area contributed by atoms with Gasteiger partial charge in [0.05, 0.1) is 17.4 Å². The Morgan fingerprint density at radius 2 is 1.74 bits per heavy atom. The second-order valence-electron chi connectivity index (χ2n) is 11.2. The minimum Gasteiger partial charge on any atom is -0.481 e. The van der Waals surface area contributed by atoms with Crippen LogP contribution in [0.25, 0.3) is 0 Å². The smallest absolute Gasteiger partial charge is 0.470 e. The zero-order valence-corrected chi connectivity index (χ0v) is 24.4. The van der Waals surface area contributed by atoms with Gasteiger partial charge in [-0.3, -0.25) is 9.59 Å². The van der Waals surface area contributed by atoms with Gasteiger partial charge in [-0.2, -0.15) is 13.5 Å². The van der Waals surface area contributed by atoms with Crippen LogP contribution in [0.1, 0.15) is 86.0 Å². The predicted octanol–water partition coefficient (Wildman–Crippen LogP) is 4.12. The molecule has 0 aromatic rings. The van der Waals surface area contributed by atoms with E-state index in [0.717, 1.165) is 43.6 Å². The molecule has 3 rings (SSSR count). The molecular formula is C27H43N3O8S. The number of carbonyl (C=O) groups is 3. The van der Waals surface area contributed by atoms with Gasteiger partial charge in [0.15, 0.2) is 0 Å². The van der Waals surface area contributed by atoms with Gasteiger partial charge in [-0.15, -0.1) is 4.28 Å². The lowest BCUT2D eigenvalue weighted by atomic mass is 9.60. The van der Waals surface area contributed by atoms with Crippen LogP contribution < -0.4 is 5.73 Å². The SMILES string of the molecule is CCCCC(C)C1(C(C)CCCC)C=C(C)C(C(=O)O)C=C1OS(=O)(=O)ON1C(=O)N2C[C@H]1CC[C@H]2C(N)=O. The second-order valence-corrected chi connectivity index (χ2v) is 12.4. The first-order valence-electron chi connectivity index (χ1n) is 14.0. The number of hydrogen-bond acceptors (Lipinski definition) is 7. The Hall–Kier alpha value is -2.60. The summed E-state index contributed by atoms with van der Waals surface area (Å²) in [4.78, 5) is 38.0. The van der Waals surface area contributed by atoms with E-state index in [1.807, 2.05) is 19.9 Å². The van der Waals surface area contributed by atoms with E-state index >= 15 is 0 Å². The number of nitrogens with two attached hydrogens (primary N) is 1. The summed E-state index contributed by atoms with van der Waals surface area (Å²) >= 11 is 0. The van der Waals surface area contributed by atoms with Crippen molar-refractivity contribution in [3.63, 3.8) is 0 Å². The molecule has 3 unspecified atom stereocenters. The Kier molecular flexibility index (Phi) is 9.74. The summed E-state index contributed by atoms with van der Waals surface area (Å²) in [6.45, 7) is 10.1. The molecule has 0 radical (unpaired) electrons. The monoisotopic (exact) mass is 569 g/mol. The van der Waals surface area contributed by atoms with Gasteiger partial charge in [0.25, 0.3) is 0 Å². The minimum absolute atomic E-state index is 0.0117. The van der Waals surface area contributed by atoms with Gasteiger partial charge < -0.3 is 19.9 Å². The topological polar surface area (TPSA) is 157 Å². The van der Waals surface area contributed by atoms with Crippen molar-refractivity contribution in [1.82, 2.24) is 9.96 Å². The third-order valence-electron chi connectivity index (χ3n) is 8.59. The van der Waals surface area contributed by atoms with Crippen LogP contribution in [0.4, 0.5) is 4.79 Å². The van der Waals surface area contributed by atoms with Crippen LogP contribution in [-0.4, -0.2) is 60.0 Å². The Morgan fingerprint density at radius 1 is 1.15 bits per heavy atom. The maximum atomic E-state index is 13.4. The summed E-state index contributed by atoms with van der Waals surface area (Å²) in [7, 11) is -4.85. The normalized spacial score (nSPS) is 28.5. The quantitative estimate of drug-likeness (QED) is 0.296. The number of aliphatic carboxylic acids is 1. The maximum Gasteiger partial charge on any atom is 0.470 e. The third kappa shape index (κ3) is 6.26. The molecule has 1 aliphatic carbocycles. The number of carboxylic acid groups (broad SMARTS) is 1. The zero-order chi connectivity index (χ0) is 29.1. The van der Waals surface area contributed by atoms with Crippen molar-refractivity contribution in [2.45, 2.75) is 98.1 Å². The molecule has 2 saturated heterocycles. The number of unbranched alkanes of at least 4 members (excludes halogenated alkanes) is 2. The first-order valence-corrected chi connectivity index (χ1v) is 15.3. The number of hydrogen-bond donors (Lipinski definition) is 2. The average molecular weight is 570 g/mol. The van der Waals surface area contributed by atoms with Crippen LogP contribution in [0, 0.1) is 23.2 Å². The molecule has 2 bridgehead atoms. The molecule has 3 amide bonds. The van der Waals surface area contributed by atoms with Crippen LogP contribution in [-0.2, 0) is 28.5 Å². The summed E-state index contributed by atoms with van der Waals surface area (Å²) in [5.41, 5.74) is 5.15. The van der Waals surface area contributed by atoms with Crippen molar-refractivity contribution < 1.29 is 36.4 Å². The van der Waals surface area contributed by atoms with E-state index in [0.29, 0.717) is 18.4 Å². The van der Waals surface area contributed by atoms with Gasteiger partial charge in [-0.05, 0) is 50.5 Å². The van der Waals surface area contributed by atoms with E-state index in [4.69, 9.17) is 14.2 Å². The highest BCUT2D eigenvalue weighted by atomic mass is 32.3. The molecule has 0 aromatic heterocycles. The fraction of sp³-hybridized carbons (Fsp3) is 0.741. The van der Waals surface area contributed by atoms with Gasteiger partial charge >= 0.3 is 22.4 Å². The van der Waals surface area contributed by atoms with Gasteiger partial charge in [-0.1, -0.05) is 65.0 Å². The number of primary amides is 1. The molecule has 0 spiro atoms. The molecule has 12 heteroatoms. The second kappa shape index (κ2) is 12.3. The van der Waals surface area contributed by atoms with Gasteiger partial charge in [0.1, 0.15) is 11.8 Å². The molecule has 2 heterocycles. The van der Waals surface area contributed by atoms with Crippen LogP contribution in [0.2, 0.25) is 0 Å². The largest absolute Gasteiger partial charge is 0.481 e. The van der Waals surface area contributed by atoms with Crippen molar-refractivity contribution >= 4 is 28.3 Å². The average Bonchev–Trinajstić information content (AvgIpc) is 3.09. The van der Waals surface area contributed by atoms with E-state index < -0.39 is 51.7 Å². The highest BCUT2D eigenvalue weighted by Crippen LogP contribution is 2.53. The van der Waals surface area contributed by atoms with Crippen LogP contribution in [0.15, 0.2) is 23.5 Å². The van der Waals surface area contributed by atoms with E-state index in [1.165, 1.54) is 11.0 Å². The van der Waals surface area contributed by atoms with Gasteiger partial charge in [-0.25, -0.2) is 4.79 Å². The molecule has 11 nitrogen and oxygen atoms in total. The number of allylic oxidation sites excluding steroid dienone is 1. The molecule has 3 aliphatic rings. The Balaban J connectivity index is 1.98. The minimum atomic E-state index is -4.85. The molecular weight excluding hydrogens is 526 g/mol. The zero-order valence-electron chi connectivity index (χ0n) is 23.6.